The van der Waals surface area contributed by atoms with Crippen LogP contribution in [-0.2, 0) is 26.2 Å². The van der Waals surface area contributed by atoms with Crippen LogP contribution in [0.3, 0.4) is 0 Å². The Bertz CT molecular complexity index is 1110. The van der Waals surface area contributed by atoms with Gasteiger partial charge in [0.1, 0.15) is 31.2 Å². The Labute approximate surface area is 183 Å². The Morgan fingerprint density at radius 3 is 2.29 bits per heavy atom. The molecule has 0 aliphatic carbocycles. The highest BCUT2D eigenvalue weighted by atomic mass is 19.1. The number of methoxy groups -OCH3 is 1. The lowest BCUT2D eigenvalue weighted by Gasteiger charge is -2.21. The van der Waals surface area contributed by atoms with Crippen molar-refractivity contribution in [3.05, 3.63) is 125 Å². The lowest BCUT2D eigenvalue weighted by Crippen LogP contribution is -3.08. The van der Waals surface area contributed by atoms with Crippen molar-refractivity contribution in [2.45, 2.75) is 26.2 Å². The van der Waals surface area contributed by atoms with E-state index in [1.165, 1.54) is 27.8 Å². The number of ether oxygens (including phenoxy) is 1. The SMILES string of the molecule is COc1cccc(C[NH+](Cc2ccccc2)Cc2cccn2Cc2cccc(F)c2)c1. The minimum atomic E-state index is -0.194. The average molecular weight is 416 g/mol. The zero-order valence-corrected chi connectivity index (χ0v) is 17.8. The van der Waals surface area contributed by atoms with Crippen LogP contribution >= 0.6 is 0 Å². The van der Waals surface area contributed by atoms with Crippen molar-refractivity contribution >= 4 is 0 Å². The van der Waals surface area contributed by atoms with Crippen LogP contribution < -0.4 is 9.64 Å². The lowest BCUT2D eigenvalue weighted by molar-refractivity contribution is -0.941. The van der Waals surface area contributed by atoms with Crippen LogP contribution in [-0.4, -0.2) is 11.7 Å². The number of nitrogens with zero attached hydrogens (tertiary/aromatic N) is 1. The number of rotatable bonds is 9. The van der Waals surface area contributed by atoms with Crippen LogP contribution in [0.1, 0.15) is 22.4 Å². The van der Waals surface area contributed by atoms with E-state index >= 15 is 0 Å². The van der Waals surface area contributed by atoms with E-state index in [2.05, 4.69) is 65.4 Å². The number of aromatic nitrogens is 1. The molecule has 0 aliphatic heterocycles. The molecule has 0 radical (unpaired) electrons. The Balaban J connectivity index is 1.55. The summed E-state index contributed by atoms with van der Waals surface area (Å²) in [6.45, 7) is 3.34. The van der Waals surface area contributed by atoms with Crippen molar-refractivity contribution in [1.29, 1.82) is 0 Å². The van der Waals surface area contributed by atoms with E-state index in [-0.39, 0.29) is 5.82 Å². The first kappa shape index (κ1) is 20.9. The lowest BCUT2D eigenvalue weighted by atomic mass is 10.1. The van der Waals surface area contributed by atoms with Crippen molar-refractivity contribution in [2.24, 2.45) is 0 Å². The third kappa shape index (κ3) is 5.83. The standard InChI is InChI=1S/C27H27FN2O/c1-31-27-14-6-11-24(17-27)19-29(18-22-8-3-2-4-9-22)21-26-13-7-15-30(26)20-23-10-5-12-25(28)16-23/h2-17H,18-21H2,1H3/p+1. The Kier molecular flexibility index (Phi) is 6.80. The van der Waals surface area contributed by atoms with Gasteiger partial charge in [-0.3, -0.25) is 0 Å². The first-order chi connectivity index (χ1) is 15.2. The maximum absolute atomic E-state index is 13.6. The van der Waals surface area contributed by atoms with E-state index < -0.39 is 0 Å². The van der Waals surface area contributed by atoms with E-state index in [0.717, 1.165) is 30.9 Å². The van der Waals surface area contributed by atoms with Crippen molar-refractivity contribution in [3.8, 4) is 5.75 Å². The van der Waals surface area contributed by atoms with Gasteiger partial charge >= 0.3 is 0 Å². The van der Waals surface area contributed by atoms with Crippen LogP contribution in [0.25, 0.3) is 0 Å². The topological polar surface area (TPSA) is 18.6 Å². The largest absolute Gasteiger partial charge is 0.497 e. The zero-order chi connectivity index (χ0) is 21.5. The second-order valence-corrected chi connectivity index (χ2v) is 7.87. The van der Waals surface area contributed by atoms with E-state index in [1.807, 2.05) is 18.2 Å². The zero-order valence-electron chi connectivity index (χ0n) is 17.8. The van der Waals surface area contributed by atoms with Crippen LogP contribution in [0.15, 0.2) is 97.2 Å². The van der Waals surface area contributed by atoms with Gasteiger partial charge in [0.05, 0.1) is 12.8 Å². The molecule has 158 valence electrons. The first-order valence-electron chi connectivity index (χ1n) is 10.6. The number of quaternary nitrogens is 1. The highest BCUT2D eigenvalue weighted by molar-refractivity contribution is 5.28. The van der Waals surface area contributed by atoms with Crippen molar-refractivity contribution < 1.29 is 14.0 Å². The molecule has 4 rings (SSSR count). The Morgan fingerprint density at radius 1 is 0.742 bits per heavy atom. The predicted molar refractivity (Wildman–Crippen MR) is 121 cm³/mol. The summed E-state index contributed by atoms with van der Waals surface area (Å²) < 4.78 is 21.3. The monoisotopic (exact) mass is 415 g/mol. The minimum Gasteiger partial charge on any atom is -0.497 e. The Morgan fingerprint density at radius 2 is 1.48 bits per heavy atom. The summed E-state index contributed by atoms with van der Waals surface area (Å²) >= 11 is 0. The van der Waals surface area contributed by atoms with Gasteiger partial charge in [-0.05, 0) is 42.0 Å². The van der Waals surface area contributed by atoms with Crippen LogP contribution in [0.5, 0.6) is 5.75 Å². The molecule has 1 heterocycles. The van der Waals surface area contributed by atoms with Gasteiger partial charge in [-0.2, -0.15) is 0 Å². The summed E-state index contributed by atoms with van der Waals surface area (Å²) in [4.78, 5) is 1.43. The van der Waals surface area contributed by atoms with Crippen molar-refractivity contribution in [2.75, 3.05) is 7.11 Å². The van der Waals surface area contributed by atoms with Gasteiger partial charge in [0, 0.05) is 23.9 Å². The fourth-order valence-corrected chi connectivity index (χ4v) is 4.00. The molecule has 0 saturated carbocycles. The molecule has 0 aliphatic rings. The predicted octanol–water partition coefficient (Wildman–Crippen LogP) is 4.47. The van der Waals surface area contributed by atoms with Crippen molar-refractivity contribution in [1.82, 2.24) is 4.57 Å². The summed E-state index contributed by atoms with van der Waals surface area (Å²) in [5, 5.41) is 0. The van der Waals surface area contributed by atoms with Crippen LogP contribution in [0, 0.1) is 5.82 Å². The molecule has 0 saturated heterocycles. The summed E-state index contributed by atoms with van der Waals surface area (Å²) in [5.74, 6) is 0.687. The first-order valence-corrected chi connectivity index (χ1v) is 10.6. The number of halogens is 1. The quantitative estimate of drug-likeness (QED) is 0.427. The molecule has 4 aromatic rings. The molecule has 3 aromatic carbocycles. The summed E-state index contributed by atoms with van der Waals surface area (Å²) in [6.07, 6.45) is 2.08. The molecule has 3 nitrogen and oxygen atoms in total. The smallest absolute Gasteiger partial charge is 0.123 e. The maximum atomic E-state index is 13.6. The van der Waals surface area contributed by atoms with E-state index in [1.54, 1.807) is 19.2 Å². The fraction of sp³-hybridized carbons (Fsp3) is 0.185. The molecule has 0 bridgehead atoms. The average Bonchev–Trinajstić information content (AvgIpc) is 3.21. The molecular weight excluding hydrogens is 387 g/mol. The minimum absolute atomic E-state index is 0.194. The van der Waals surface area contributed by atoms with E-state index in [4.69, 9.17) is 4.74 Å². The van der Waals surface area contributed by atoms with Crippen LogP contribution in [0.2, 0.25) is 0 Å². The van der Waals surface area contributed by atoms with E-state index in [0.29, 0.717) is 6.54 Å². The van der Waals surface area contributed by atoms with Crippen molar-refractivity contribution in [3.63, 3.8) is 0 Å². The normalized spacial score (nSPS) is 11.9. The van der Waals surface area contributed by atoms with E-state index in [9.17, 15) is 4.39 Å². The third-order valence-corrected chi connectivity index (χ3v) is 5.48. The molecule has 1 atom stereocenters. The Hall–Kier alpha value is -3.37. The summed E-state index contributed by atoms with van der Waals surface area (Å²) in [5.41, 5.74) is 4.75. The number of benzene rings is 3. The second-order valence-electron chi connectivity index (χ2n) is 7.87. The molecule has 31 heavy (non-hydrogen) atoms. The van der Waals surface area contributed by atoms with Gasteiger partial charge in [0.25, 0.3) is 0 Å². The third-order valence-electron chi connectivity index (χ3n) is 5.48. The van der Waals surface area contributed by atoms with Crippen LogP contribution in [0.4, 0.5) is 4.39 Å². The molecule has 1 aromatic heterocycles. The van der Waals surface area contributed by atoms with Gasteiger partial charge in [0.15, 0.2) is 0 Å². The van der Waals surface area contributed by atoms with Gasteiger partial charge in [0.2, 0.25) is 0 Å². The summed E-state index contributed by atoms with van der Waals surface area (Å²) in [7, 11) is 1.70. The van der Waals surface area contributed by atoms with Gasteiger partial charge in [-0.15, -0.1) is 0 Å². The number of hydrogen-bond acceptors (Lipinski definition) is 1. The molecule has 1 unspecified atom stereocenters. The highest BCUT2D eigenvalue weighted by Crippen LogP contribution is 2.13. The van der Waals surface area contributed by atoms with Gasteiger partial charge in [-0.25, -0.2) is 4.39 Å². The molecule has 0 fully saturated rings. The molecule has 1 N–H and O–H groups in total. The van der Waals surface area contributed by atoms with Gasteiger partial charge < -0.3 is 14.2 Å². The molecule has 0 amide bonds. The number of hydrogen-bond donors (Lipinski definition) is 1. The number of nitrogens with one attached hydrogen (secondary N) is 1. The molecule has 0 spiro atoms. The second kappa shape index (κ2) is 10.1. The fourth-order valence-electron chi connectivity index (χ4n) is 4.00. The molecular formula is C27H28FN2O+. The maximum Gasteiger partial charge on any atom is 0.123 e. The molecule has 4 heteroatoms. The summed E-state index contributed by atoms with van der Waals surface area (Å²) in [6, 6.07) is 29.9. The highest BCUT2D eigenvalue weighted by Gasteiger charge is 2.15. The van der Waals surface area contributed by atoms with Gasteiger partial charge in [-0.1, -0.05) is 54.6 Å².